The van der Waals surface area contributed by atoms with Gasteiger partial charge >= 0.3 is 0 Å². The molecule has 0 aromatic carbocycles. The van der Waals surface area contributed by atoms with E-state index >= 15 is 0 Å². The zero-order valence-electron chi connectivity index (χ0n) is 13.1. The van der Waals surface area contributed by atoms with Gasteiger partial charge in [0, 0.05) is 26.1 Å². The zero-order chi connectivity index (χ0) is 15.3. The summed E-state index contributed by atoms with van der Waals surface area (Å²) < 4.78 is 0. The van der Waals surface area contributed by atoms with E-state index in [4.69, 9.17) is 0 Å². The third-order valence-electron chi connectivity index (χ3n) is 3.60. The van der Waals surface area contributed by atoms with Crippen molar-refractivity contribution in [1.82, 2.24) is 10.2 Å². The van der Waals surface area contributed by atoms with E-state index in [1.165, 1.54) is 0 Å². The molecular weight excluding hydrogens is 256 g/mol. The van der Waals surface area contributed by atoms with Crippen LogP contribution in [0.1, 0.15) is 47.0 Å². The van der Waals surface area contributed by atoms with Gasteiger partial charge in [0.2, 0.25) is 11.8 Å². The molecule has 1 fully saturated rings. The highest BCUT2D eigenvalue weighted by Gasteiger charge is 2.34. The molecule has 2 amide bonds. The van der Waals surface area contributed by atoms with Crippen LogP contribution >= 0.6 is 0 Å². The summed E-state index contributed by atoms with van der Waals surface area (Å²) >= 11 is 0. The fourth-order valence-corrected chi connectivity index (χ4v) is 2.61. The molecule has 0 aromatic heterocycles. The van der Waals surface area contributed by atoms with Crippen LogP contribution in [0, 0.1) is 11.8 Å². The molecule has 2 N–H and O–H groups in total. The summed E-state index contributed by atoms with van der Waals surface area (Å²) in [4.78, 5) is 25.7. The van der Waals surface area contributed by atoms with Crippen molar-refractivity contribution in [3.8, 4) is 0 Å². The Morgan fingerprint density at radius 1 is 1.55 bits per heavy atom. The van der Waals surface area contributed by atoms with Crippen molar-refractivity contribution in [2.75, 3.05) is 19.6 Å². The molecule has 0 aliphatic carbocycles. The number of likely N-dealkylation sites (tertiary alicyclic amines) is 1. The minimum absolute atomic E-state index is 0.0548. The molecule has 0 spiro atoms. The highest BCUT2D eigenvalue weighted by atomic mass is 16.3. The molecule has 0 aromatic rings. The molecule has 1 heterocycles. The Balaban J connectivity index is 2.44. The molecule has 2 atom stereocenters. The number of hydrogen-bond acceptors (Lipinski definition) is 3. The van der Waals surface area contributed by atoms with Crippen LogP contribution < -0.4 is 5.32 Å². The van der Waals surface area contributed by atoms with E-state index in [1.807, 2.05) is 6.92 Å². The fourth-order valence-electron chi connectivity index (χ4n) is 2.61. The van der Waals surface area contributed by atoms with Gasteiger partial charge in [-0.3, -0.25) is 9.59 Å². The fraction of sp³-hybridized carbons (Fsp3) is 0.867. The highest BCUT2D eigenvalue weighted by molar-refractivity contribution is 5.89. The quantitative estimate of drug-likeness (QED) is 0.737. The normalized spacial score (nSPS) is 22.2. The number of hydrogen-bond donors (Lipinski definition) is 2. The lowest BCUT2D eigenvalue weighted by molar-refractivity contribution is -0.129. The Bertz CT molecular complexity index is 353. The van der Waals surface area contributed by atoms with Gasteiger partial charge in [-0.15, -0.1) is 0 Å². The van der Waals surface area contributed by atoms with Gasteiger partial charge in [-0.1, -0.05) is 27.2 Å². The largest absolute Gasteiger partial charge is 0.388 e. The van der Waals surface area contributed by atoms with Gasteiger partial charge in [0.25, 0.3) is 0 Å². The number of nitrogens with one attached hydrogen (secondary N) is 1. The summed E-state index contributed by atoms with van der Waals surface area (Å²) in [5.74, 6) is 0.0601. The second kappa shape index (κ2) is 7.07. The summed E-state index contributed by atoms with van der Waals surface area (Å²) in [5.41, 5.74) is -0.870. The molecule has 0 radical (unpaired) electrons. The number of rotatable bonds is 7. The van der Waals surface area contributed by atoms with E-state index in [0.29, 0.717) is 25.4 Å². The van der Waals surface area contributed by atoms with Crippen LogP contribution in [0.25, 0.3) is 0 Å². The average molecular weight is 284 g/mol. The minimum Gasteiger partial charge on any atom is -0.388 e. The second-order valence-electron chi connectivity index (χ2n) is 6.56. The molecule has 1 saturated heterocycles. The number of carbonyl (C=O) groups excluding carboxylic acids is 2. The van der Waals surface area contributed by atoms with Gasteiger partial charge in [-0.25, -0.2) is 0 Å². The lowest BCUT2D eigenvalue weighted by Crippen LogP contribution is -2.43. The van der Waals surface area contributed by atoms with Gasteiger partial charge in [0.15, 0.2) is 0 Å². The van der Waals surface area contributed by atoms with Gasteiger partial charge in [0.05, 0.1) is 11.5 Å². The summed E-state index contributed by atoms with van der Waals surface area (Å²) in [6.45, 7) is 9.28. The van der Waals surface area contributed by atoms with Crippen molar-refractivity contribution in [2.24, 2.45) is 11.8 Å². The minimum atomic E-state index is -0.870. The van der Waals surface area contributed by atoms with Crippen molar-refractivity contribution >= 4 is 11.8 Å². The van der Waals surface area contributed by atoms with E-state index < -0.39 is 5.60 Å². The van der Waals surface area contributed by atoms with Crippen molar-refractivity contribution < 1.29 is 14.7 Å². The Morgan fingerprint density at radius 2 is 2.20 bits per heavy atom. The van der Waals surface area contributed by atoms with Crippen LogP contribution in [-0.2, 0) is 9.59 Å². The number of amides is 2. The van der Waals surface area contributed by atoms with Gasteiger partial charge in [-0.05, 0) is 19.3 Å². The maximum atomic E-state index is 12.1. The Hall–Kier alpha value is -1.10. The van der Waals surface area contributed by atoms with E-state index in [9.17, 15) is 14.7 Å². The first-order chi connectivity index (χ1) is 9.25. The van der Waals surface area contributed by atoms with E-state index in [0.717, 1.165) is 6.42 Å². The first-order valence-electron chi connectivity index (χ1n) is 7.53. The van der Waals surface area contributed by atoms with Crippen LogP contribution in [0.5, 0.6) is 0 Å². The molecule has 0 bridgehead atoms. The summed E-state index contributed by atoms with van der Waals surface area (Å²) in [5, 5.41) is 12.8. The Labute approximate surface area is 121 Å². The Kier molecular flexibility index (Phi) is 5.99. The third-order valence-corrected chi connectivity index (χ3v) is 3.60. The van der Waals surface area contributed by atoms with Crippen molar-refractivity contribution in [3.05, 3.63) is 0 Å². The van der Waals surface area contributed by atoms with Gasteiger partial charge in [0.1, 0.15) is 0 Å². The number of aliphatic hydroxyl groups is 1. The first kappa shape index (κ1) is 17.0. The number of carbonyl (C=O) groups is 2. The van der Waals surface area contributed by atoms with Crippen LogP contribution in [-0.4, -0.2) is 47.1 Å². The maximum absolute atomic E-state index is 12.1. The monoisotopic (exact) mass is 284 g/mol. The van der Waals surface area contributed by atoms with Gasteiger partial charge in [-0.2, -0.15) is 0 Å². The molecule has 5 heteroatoms. The smallest absolute Gasteiger partial charge is 0.225 e. The summed E-state index contributed by atoms with van der Waals surface area (Å²) in [6, 6.07) is 0. The van der Waals surface area contributed by atoms with Crippen LogP contribution in [0.3, 0.4) is 0 Å². The maximum Gasteiger partial charge on any atom is 0.225 e. The lowest BCUT2D eigenvalue weighted by atomic mass is 10.00. The molecule has 5 nitrogen and oxygen atoms in total. The highest BCUT2D eigenvalue weighted by Crippen LogP contribution is 2.19. The molecule has 2 unspecified atom stereocenters. The molecule has 116 valence electrons. The summed E-state index contributed by atoms with van der Waals surface area (Å²) in [7, 11) is 0. The topological polar surface area (TPSA) is 69.6 Å². The first-order valence-corrected chi connectivity index (χ1v) is 7.53. The SMILES string of the molecule is CCCC(C)(O)CNC(=O)C1CC(=O)N(CC(C)C)C1. The van der Waals surface area contributed by atoms with Crippen LogP contribution in [0.2, 0.25) is 0 Å². The summed E-state index contributed by atoms with van der Waals surface area (Å²) in [6.07, 6.45) is 1.80. The molecule has 20 heavy (non-hydrogen) atoms. The Morgan fingerprint density at radius 3 is 2.75 bits per heavy atom. The molecular formula is C15H28N2O3. The van der Waals surface area contributed by atoms with Crippen molar-refractivity contribution in [2.45, 2.75) is 52.6 Å². The average Bonchev–Trinajstić information content (AvgIpc) is 2.67. The third kappa shape index (κ3) is 5.12. The van der Waals surface area contributed by atoms with E-state index in [-0.39, 0.29) is 30.7 Å². The molecule has 1 rings (SSSR count). The zero-order valence-corrected chi connectivity index (χ0v) is 13.1. The number of nitrogens with zero attached hydrogens (tertiary/aromatic N) is 1. The predicted octanol–water partition coefficient (Wildman–Crippen LogP) is 1.16. The lowest BCUT2D eigenvalue weighted by Gasteiger charge is -2.24. The van der Waals surface area contributed by atoms with E-state index in [2.05, 4.69) is 19.2 Å². The molecule has 1 aliphatic rings. The van der Waals surface area contributed by atoms with Crippen LogP contribution in [0.4, 0.5) is 0 Å². The standard InChI is InChI=1S/C15H28N2O3/c1-5-6-15(4,20)10-16-14(19)12-7-13(18)17(9-12)8-11(2)3/h11-12,20H,5-10H2,1-4H3,(H,16,19). The van der Waals surface area contributed by atoms with Crippen LogP contribution in [0.15, 0.2) is 0 Å². The van der Waals surface area contributed by atoms with Crippen molar-refractivity contribution in [3.63, 3.8) is 0 Å². The van der Waals surface area contributed by atoms with Gasteiger partial charge < -0.3 is 15.3 Å². The predicted molar refractivity (Wildman–Crippen MR) is 78.1 cm³/mol. The van der Waals surface area contributed by atoms with Crippen molar-refractivity contribution in [1.29, 1.82) is 0 Å². The molecule has 1 aliphatic heterocycles. The molecule has 0 saturated carbocycles. The van der Waals surface area contributed by atoms with E-state index in [1.54, 1.807) is 11.8 Å². The second-order valence-corrected chi connectivity index (χ2v) is 6.56.